The Morgan fingerprint density at radius 2 is 2.00 bits per heavy atom. The molecule has 20 heavy (non-hydrogen) atoms. The standard InChI is InChI=1S/C13H7BrCl2FN3/c14-6-1-2-10(17)8(3-6)11-12(18)20-5-7(15)4-9(16)13(20)19-11/h1-5H,18H2. The van der Waals surface area contributed by atoms with Crippen LogP contribution in [0.1, 0.15) is 0 Å². The van der Waals surface area contributed by atoms with Crippen molar-refractivity contribution in [2.45, 2.75) is 0 Å². The molecule has 0 amide bonds. The van der Waals surface area contributed by atoms with Crippen molar-refractivity contribution < 1.29 is 4.39 Å². The molecule has 0 unspecified atom stereocenters. The van der Waals surface area contributed by atoms with Crippen molar-refractivity contribution in [3.05, 3.63) is 50.8 Å². The van der Waals surface area contributed by atoms with E-state index in [9.17, 15) is 4.39 Å². The summed E-state index contributed by atoms with van der Waals surface area (Å²) in [4.78, 5) is 4.31. The predicted molar refractivity (Wildman–Crippen MR) is 82.7 cm³/mol. The molecule has 0 aliphatic heterocycles. The molecule has 0 atom stereocenters. The Kier molecular flexibility index (Phi) is 3.36. The van der Waals surface area contributed by atoms with Gasteiger partial charge in [-0.1, -0.05) is 39.1 Å². The van der Waals surface area contributed by atoms with Crippen LogP contribution in [0, 0.1) is 5.82 Å². The van der Waals surface area contributed by atoms with Crippen molar-refractivity contribution in [2.24, 2.45) is 0 Å². The highest BCUT2D eigenvalue weighted by molar-refractivity contribution is 9.10. The van der Waals surface area contributed by atoms with Gasteiger partial charge in [0.1, 0.15) is 17.3 Å². The fourth-order valence-corrected chi connectivity index (χ4v) is 2.84. The van der Waals surface area contributed by atoms with Crippen molar-refractivity contribution in [3.63, 3.8) is 0 Å². The van der Waals surface area contributed by atoms with Crippen molar-refractivity contribution in [2.75, 3.05) is 5.73 Å². The minimum absolute atomic E-state index is 0.279. The van der Waals surface area contributed by atoms with Crippen LogP contribution in [0.3, 0.4) is 0 Å². The number of nitrogens with zero attached hydrogens (tertiary/aromatic N) is 2. The Labute approximate surface area is 132 Å². The summed E-state index contributed by atoms with van der Waals surface area (Å²) in [5.74, 6) is -0.132. The van der Waals surface area contributed by atoms with E-state index < -0.39 is 5.82 Å². The molecule has 2 aromatic heterocycles. The first-order valence-corrected chi connectivity index (χ1v) is 7.10. The minimum atomic E-state index is -0.412. The van der Waals surface area contributed by atoms with Gasteiger partial charge in [0.05, 0.1) is 10.0 Å². The third-order valence-electron chi connectivity index (χ3n) is 2.86. The van der Waals surface area contributed by atoms with Gasteiger partial charge < -0.3 is 5.73 Å². The second-order valence-corrected chi connectivity index (χ2v) is 5.93. The molecule has 0 fully saturated rings. The van der Waals surface area contributed by atoms with E-state index in [1.807, 2.05) is 0 Å². The molecule has 3 nitrogen and oxygen atoms in total. The summed E-state index contributed by atoms with van der Waals surface area (Å²) in [5.41, 5.74) is 7.09. The summed E-state index contributed by atoms with van der Waals surface area (Å²) in [6.45, 7) is 0. The number of fused-ring (bicyclic) bond motifs is 1. The molecule has 102 valence electrons. The average molecular weight is 375 g/mol. The monoisotopic (exact) mass is 373 g/mol. The number of halogens is 4. The molecule has 2 N–H and O–H groups in total. The van der Waals surface area contributed by atoms with Crippen LogP contribution in [-0.4, -0.2) is 9.38 Å². The quantitative estimate of drug-likeness (QED) is 0.665. The van der Waals surface area contributed by atoms with Gasteiger partial charge in [-0.05, 0) is 24.3 Å². The van der Waals surface area contributed by atoms with E-state index in [0.29, 0.717) is 26.9 Å². The maximum absolute atomic E-state index is 14.0. The molecule has 3 rings (SSSR count). The maximum atomic E-state index is 14.0. The Balaban J connectivity index is 2.35. The lowest BCUT2D eigenvalue weighted by molar-refractivity contribution is 0.630. The molecular formula is C13H7BrCl2FN3. The van der Waals surface area contributed by atoms with E-state index in [1.165, 1.54) is 6.07 Å². The van der Waals surface area contributed by atoms with Gasteiger partial charge in [-0.2, -0.15) is 0 Å². The summed E-state index contributed by atoms with van der Waals surface area (Å²) in [6, 6.07) is 6.13. The van der Waals surface area contributed by atoms with E-state index in [1.54, 1.807) is 28.8 Å². The molecule has 0 bridgehead atoms. The fraction of sp³-hybridized carbons (Fsp3) is 0. The predicted octanol–water partition coefficient (Wildman–Crippen LogP) is 4.79. The average Bonchev–Trinajstić information content (AvgIpc) is 2.71. The zero-order valence-electron chi connectivity index (χ0n) is 9.87. The third kappa shape index (κ3) is 2.16. The highest BCUT2D eigenvalue weighted by Gasteiger charge is 2.17. The van der Waals surface area contributed by atoms with E-state index in [0.717, 1.165) is 4.47 Å². The number of benzene rings is 1. The SMILES string of the molecule is Nc1c(-c2cc(Br)ccc2F)nc2c(Cl)cc(Cl)cn12. The first kappa shape index (κ1) is 13.7. The van der Waals surface area contributed by atoms with Gasteiger partial charge in [-0.25, -0.2) is 9.37 Å². The van der Waals surface area contributed by atoms with E-state index >= 15 is 0 Å². The van der Waals surface area contributed by atoms with Crippen LogP contribution in [-0.2, 0) is 0 Å². The van der Waals surface area contributed by atoms with Crippen molar-refractivity contribution in [3.8, 4) is 11.3 Å². The summed E-state index contributed by atoms with van der Waals surface area (Å²) >= 11 is 15.3. The number of hydrogen-bond donors (Lipinski definition) is 1. The largest absolute Gasteiger partial charge is 0.383 e. The lowest BCUT2D eigenvalue weighted by Crippen LogP contribution is -1.95. The summed E-state index contributed by atoms with van der Waals surface area (Å²) < 4.78 is 16.2. The molecular weight excluding hydrogens is 368 g/mol. The fourth-order valence-electron chi connectivity index (χ4n) is 1.97. The van der Waals surface area contributed by atoms with Crippen LogP contribution in [0.15, 0.2) is 34.9 Å². The topological polar surface area (TPSA) is 43.3 Å². The second-order valence-electron chi connectivity index (χ2n) is 4.17. The highest BCUT2D eigenvalue weighted by atomic mass is 79.9. The number of aromatic nitrogens is 2. The number of nitrogen functional groups attached to an aromatic ring is 1. The van der Waals surface area contributed by atoms with Crippen LogP contribution < -0.4 is 5.73 Å². The second kappa shape index (κ2) is 4.91. The lowest BCUT2D eigenvalue weighted by atomic mass is 10.1. The highest BCUT2D eigenvalue weighted by Crippen LogP contribution is 2.33. The van der Waals surface area contributed by atoms with Gasteiger partial charge in [-0.15, -0.1) is 0 Å². The van der Waals surface area contributed by atoms with Crippen LogP contribution in [0.4, 0.5) is 10.2 Å². The zero-order chi connectivity index (χ0) is 14.4. The van der Waals surface area contributed by atoms with Crippen LogP contribution >= 0.6 is 39.1 Å². The Hall–Kier alpha value is -1.30. The van der Waals surface area contributed by atoms with Gasteiger partial charge in [0.25, 0.3) is 0 Å². The van der Waals surface area contributed by atoms with Gasteiger partial charge in [0.2, 0.25) is 0 Å². The van der Waals surface area contributed by atoms with Crippen LogP contribution in [0.5, 0.6) is 0 Å². The van der Waals surface area contributed by atoms with E-state index in [-0.39, 0.29) is 5.82 Å². The molecule has 3 aromatic rings. The van der Waals surface area contributed by atoms with Crippen LogP contribution in [0.2, 0.25) is 10.0 Å². The molecule has 0 saturated carbocycles. The number of hydrogen-bond acceptors (Lipinski definition) is 2. The molecule has 1 aromatic carbocycles. The van der Waals surface area contributed by atoms with Gasteiger partial charge >= 0.3 is 0 Å². The molecule has 2 heterocycles. The van der Waals surface area contributed by atoms with Crippen molar-refractivity contribution in [1.29, 1.82) is 0 Å². The minimum Gasteiger partial charge on any atom is -0.383 e. The first-order valence-electron chi connectivity index (χ1n) is 5.55. The van der Waals surface area contributed by atoms with Gasteiger partial charge in [0.15, 0.2) is 5.65 Å². The maximum Gasteiger partial charge on any atom is 0.158 e. The number of nitrogens with two attached hydrogens (primary N) is 1. The number of pyridine rings is 1. The summed E-state index contributed by atoms with van der Waals surface area (Å²) in [5, 5.41) is 0.777. The smallest absolute Gasteiger partial charge is 0.158 e. The van der Waals surface area contributed by atoms with Gasteiger partial charge in [-0.3, -0.25) is 4.40 Å². The van der Waals surface area contributed by atoms with Crippen LogP contribution in [0.25, 0.3) is 16.9 Å². The normalized spacial score (nSPS) is 11.2. The number of rotatable bonds is 1. The molecule has 0 saturated heterocycles. The molecule has 0 aliphatic carbocycles. The first-order chi connectivity index (χ1) is 9.47. The number of imidazole rings is 1. The Morgan fingerprint density at radius 1 is 1.25 bits per heavy atom. The molecule has 0 aliphatic rings. The van der Waals surface area contributed by atoms with E-state index in [2.05, 4.69) is 20.9 Å². The molecule has 0 spiro atoms. The van der Waals surface area contributed by atoms with E-state index in [4.69, 9.17) is 28.9 Å². The molecule has 0 radical (unpaired) electrons. The number of anilines is 1. The van der Waals surface area contributed by atoms with Crippen molar-refractivity contribution >= 4 is 50.6 Å². The zero-order valence-corrected chi connectivity index (χ0v) is 13.0. The molecule has 7 heteroatoms. The summed E-state index contributed by atoms with van der Waals surface area (Å²) in [7, 11) is 0. The summed E-state index contributed by atoms with van der Waals surface area (Å²) in [6.07, 6.45) is 1.59. The Morgan fingerprint density at radius 3 is 2.75 bits per heavy atom. The van der Waals surface area contributed by atoms with Gasteiger partial charge in [0, 0.05) is 16.2 Å². The third-order valence-corrected chi connectivity index (χ3v) is 3.84. The lowest BCUT2D eigenvalue weighted by Gasteiger charge is -2.02. The Bertz CT molecular complexity index is 832. The van der Waals surface area contributed by atoms with Crippen molar-refractivity contribution in [1.82, 2.24) is 9.38 Å².